The molecule has 1 unspecified atom stereocenters. The van der Waals surface area contributed by atoms with Crippen LogP contribution in [-0.2, 0) is 9.53 Å². The first-order valence-corrected chi connectivity index (χ1v) is 7.48. The number of hydrogen-bond donors (Lipinski definition) is 3. The summed E-state index contributed by atoms with van der Waals surface area (Å²) in [6.07, 6.45) is 0.417. The molecule has 122 valence electrons. The molecule has 0 aromatic heterocycles. The second kappa shape index (κ2) is 8.84. The number of carbonyl (C=O) groups excluding carboxylic acids is 1. The summed E-state index contributed by atoms with van der Waals surface area (Å²) in [5.74, 6) is -0.795. The van der Waals surface area contributed by atoms with Gasteiger partial charge in [0.05, 0.1) is 13.2 Å². The molecule has 1 aliphatic rings. The molecule has 1 aliphatic heterocycles. The fourth-order valence-corrected chi connectivity index (χ4v) is 2.33. The van der Waals surface area contributed by atoms with E-state index in [1.165, 1.54) is 0 Å². The van der Waals surface area contributed by atoms with Crippen LogP contribution in [0.5, 0.6) is 0 Å². The average Bonchev–Trinajstić information content (AvgIpc) is 2.38. The molecule has 0 aromatic rings. The lowest BCUT2D eigenvalue weighted by Gasteiger charge is -2.29. The molecule has 1 rings (SSSR count). The monoisotopic (exact) mass is 301 g/mol. The van der Waals surface area contributed by atoms with Gasteiger partial charge >= 0.3 is 12.0 Å². The van der Waals surface area contributed by atoms with Gasteiger partial charge in [-0.3, -0.25) is 4.90 Å². The van der Waals surface area contributed by atoms with Crippen molar-refractivity contribution < 1.29 is 19.4 Å². The number of amides is 2. The van der Waals surface area contributed by atoms with Gasteiger partial charge in [-0.25, -0.2) is 9.59 Å². The van der Waals surface area contributed by atoms with Crippen molar-refractivity contribution >= 4 is 12.0 Å². The van der Waals surface area contributed by atoms with Gasteiger partial charge in [0.25, 0.3) is 0 Å². The van der Waals surface area contributed by atoms with Crippen molar-refractivity contribution in [2.45, 2.75) is 39.3 Å². The van der Waals surface area contributed by atoms with Gasteiger partial charge in [-0.2, -0.15) is 0 Å². The number of hydrogen-bond acceptors (Lipinski definition) is 4. The van der Waals surface area contributed by atoms with Gasteiger partial charge < -0.3 is 20.5 Å². The van der Waals surface area contributed by atoms with Gasteiger partial charge in [-0.15, -0.1) is 0 Å². The number of carboxylic acid groups (broad SMARTS) is 1. The maximum absolute atomic E-state index is 11.9. The van der Waals surface area contributed by atoms with E-state index in [1.807, 2.05) is 20.8 Å². The largest absolute Gasteiger partial charge is 0.480 e. The first-order valence-electron chi connectivity index (χ1n) is 7.48. The molecule has 1 saturated heterocycles. The predicted molar refractivity (Wildman–Crippen MR) is 79.3 cm³/mol. The zero-order valence-electron chi connectivity index (χ0n) is 13.1. The molecular formula is C14H27N3O4. The molecule has 0 radical (unpaired) electrons. The standard InChI is InChI=1S/C14H27N3O4/c1-10(2)8-12(13(18)19)16-14(20)15-11(3)9-17-4-6-21-7-5-17/h10-12H,4-9H2,1-3H3,(H,18,19)(H2,15,16,20)/t11?,12-/m1/s1. The van der Waals surface area contributed by atoms with Gasteiger partial charge in [0.2, 0.25) is 0 Å². The number of nitrogens with zero attached hydrogens (tertiary/aromatic N) is 1. The van der Waals surface area contributed by atoms with Crippen LogP contribution < -0.4 is 10.6 Å². The van der Waals surface area contributed by atoms with Crippen molar-refractivity contribution in [2.75, 3.05) is 32.8 Å². The summed E-state index contributed by atoms with van der Waals surface area (Å²) in [5, 5.41) is 14.4. The number of ether oxygens (including phenoxy) is 1. The number of carboxylic acids is 1. The predicted octanol–water partition coefficient (Wildman–Crippen LogP) is 0.506. The summed E-state index contributed by atoms with van der Waals surface area (Å²) in [4.78, 5) is 25.2. The maximum atomic E-state index is 11.9. The van der Waals surface area contributed by atoms with E-state index in [0.717, 1.165) is 19.6 Å². The SMILES string of the molecule is CC(C)C[C@@H](NC(=O)NC(C)CN1CCOCC1)C(=O)O. The van der Waals surface area contributed by atoms with Crippen LogP contribution in [0.25, 0.3) is 0 Å². The fourth-order valence-electron chi connectivity index (χ4n) is 2.33. The van der Waals surface area contributed by atoms with Crippen molar-refractivity contribution in [3.63, 3.8) is 0 Å². The second-order valence-corrected chi connectivity index (χ2v) is 5.95. The van der Waals surface area contributed by atoms with Crippen molar-refractivity contribution in [1.82, 2.24) is 15.5 Å². The van der Waals surface area contributed by atoms with E-state index in [1.54, 1.807) is 0 Å². The number of rotatable bonds is 7. The zero-order chi connectivity index (χ0) is 15.8. The summed E-state index contributed by atoms with van der Waals surface area (Å²) in [5.41, 5.74) is 0. The lowest BCUT2D eigenvalue weighted by atomic mass is 10.0. The van der Waals surface area contributed by atoms with Crippen molar-refractivity contribution in [1.29, 1.82) is 0 Å². The topological polar surface area (TPSA) is 90.9 Å². The quantitative estimate of drug-likeness (QED) is 0.637. The van der Waals surface area contributed by atoms with E-state index in [4.69, 9.17) is 9.84 Å². The molecule has 1 fully saturated rings. The smallest absolute Gasteiger partial charge is 0.326 e. The van der Waals surface area contributed by atoms with Crippen LogP contribution >= 0.6 is 0 Å². The van der Waals surface area contributed by atoms with Crippen LogP contribution in [0, 0.1) is 5.92 Å². The highest BCUT2D eigenvalue weighted by Gasteiger charge is 2.22. The molecule has 7 heteroatoms. The van der Waals surface area contributed by atoms with E-state index >= 15 is 0 Å². The minimum Gasteiger partial charge on any atom is -0.480 e. The Balaban J connectivity index is 2.34. The Morgan fingerprint density at radius 1 is 1.19 bits per heavy atom. The maximum Gasteiger partial charge on any atom is 0.326 e. The van der Waals surface area contributed by atoms with Crippen molar-refractivity contribution in [3.05, 3.63) is 0 Å². The Morgan fingerprint density at radius 2 is 1.81 bits per heavy atom. The molecule has 2 atom stereocenters. The number of nitrogens with one attached hydrogen (secondary N) is 2. The fraction of sp³-hybridized carbons (Fsp3) is 0.857. The van der Waals surface area contributed by atoms with Gasteiger partial charge in [-0.05, 0) is 19.3 Å². The van der Waals surface area contributed by atoms with Gasteiger partial charge in [0, 0.05) is 25.7 Å². The third kappa shape index (κ3) is 7.29. The van der Waals surface area contributed by atoms with E-state index in [9.17, 15) is 9.59 Å². The lowest BCUT2D eigenvalue weighted by molar-refractivity contribution is -0.139. The summed E-state index contributed by atoms with van der Waals surface area (Å²) in [6, 6.07) is -1.32. The molecule has 21 heavy (non-hydrogen) atoms. The third-order valence-electron chi connectivity index (χ3n) is 3.32. The Labute approximate surface area is 126 Å². The van der Waals surface area contributed by atoms with Crippen LogP contribution in [0.3, 0.4) is 0 Å². The Bertz CT molecular complexity index is 343. The number of carbonyl (C=O) groups is 2. The molecule has 1 heterocycles. The van der Waals surface area contributed by atoms with Crippen LogP contribution in [-0.4, -0.2) is 66.9 Å². The van der Waals surface area contributed by atoms with Gasteiger partial charge in [0.15, 0.2) is 0 Å². The summed E-state index contributed by atoms with van der Waals surface area (Å²) in [6.45, 7) is 9.65. The van der Waals surface area contributed by atoms with Crippen LogP contribution in [0.15, 0.2) is 0 Å². The van der Waals surface area contributed by atoms with Crippen molar-refractivity contribution in [3.8, 4) is 0 Å². The molecule has 0 saturated carbocycles. The highest BCUT2D eigenvalue weighted by molar-refractivity contribution is 5.82. The normalized spacial score (nSPS) is 19.0. The average molecular weight is 301 g/mol. The Kier molecular flexibility index (Phi) is 7.45. The number of urea groups is 1. The molecular weight excluding hydrogens is 274 g/mol. The molecule has 0 spiro atoms. The molecule has 2 amide bonds. The van der Waals surface area contributed by atoms with Crippen LogP contribution in [0.4, 0.5) is 4.79 Å². The van der Waals surface area contributed by atoms with E-state index < -0.39 is 18.0 Å². The lowest BCUT2D eigenvalue weighted by Crippen LogP contribution is -2.52. The molecule has 0 bridgehead atoms. The highest BCUT2D eigenvalue weighted by Crippen LogP contribution is 2.05. The van der Waals surface area contributed by atoms with E-state index in [-0.39, 0.29) is 12.0 Å². The Hall–Kier alpha value is -1.34. The molecule has 0 aliphatic carbocycles. The molecule has 3 N–H and O–H groups in total. The molecule has 0 aromatic carbocycles. The van der Waals surface area contributed by atoms with Crippen LogP contribution in [0.1, 0.15) is 27.2 Å². The highest BCUT2D eigenvalue weighted by atomic mass is 16.5. The number of morpholine rings is 1. The van der Waals surface area contributed by atoms with E-state index in [0.29, 0.717) is 19.6 Å². The minimum absolute atomic E-state index is 0.0448. The van der Waals surface area contributed by atoms with Gasteiger partial charge in [-0.1, -0.05) is 13.8 Å². The van der Waals surface area contributed by atoms with E-state index in [2.05, 4.69) is 15.5 Å². The number of aliphatic carboxylic acids is 1. The Morgan fingerprint density at radius 3 is 2.33 bits per heavy atom. The zero-order valence-corrected chi connectivity index (χ0v) is 13.1. The summed E-state index contributed by atoms with van der Waals surface area (Å²) >= 11 is 0. The van der Waals surface area contributed by atoms with Gasteiger partial charge in [0.1, 0.15) is 6.04 Å². The van der Waals surface area contributed by atoms with Crippen molar-refractivity contribution in [2.24, 2.45) is 5.92 Å². The summed E-state index contributed by atoms with van der Waals surface area (Å²) < 4.78 is 5.27. The second-order valence-electron chi connectivity index (χ2n) is 5.95. The molecule has 7 nitrogen and oxygen atoms in total. The first-order chi connectivity index (χ1) is 9.88. The van der Waals surface area contributed by atoms with Crippen LogP contribution in [0.2, 0.25) is 0 Å². The third-order valence-corrected chi connectivity index (χ3v) is 3.32. The summed E-state index contributed by atoms with van der Waals surface area (Å²) in [7, 11) is 0. The minimum atomic E-state index is -1.00. The first kappa shape index (κ1) is 17.7.